The van der Waals surface area contributed by atoms with Gasteiger partial charge in [-0.2, -0.15) is 0 Å². The summed E-state index contributed by atoms with van der Waals surface area (Å²) in [6.07, 6.45) is 0. The van der Waals surface area contributed by atoms with Crippen LogP contribution in [0.1, 0.15) is 5.56 Å². The molecule has 5 nitrogen and oxygen atoms in total. The maximum absolute atomic E-state index is 5.61. The van der Waals surface area contributed by atoms with E-state index in [1.807, 2.05) is 12.1 Å². The third-order valence-electron chi connectivity index (χ3n) is 2.95. The molecule has 1 aromatic rings. The molecule has 1 heterocycles. The first kappa shape index (κ1) is 14.0. The summed E-state index contributed by atoms with van der Waals surface area (Å²) >= 11 is 0. The third kappa shape index (κ3) is 3.75. The minimum atomic E-state index is 0.573. The van der Waals surface area contributed by atoms with Crippen LogP contribution in [-0.2, 0) is 6.54 Å². The fourth-order valence-electron chi connectivity index (χ4n) is 1.96. The summed E-state index contributed by atoms with van der Waals surface area (Å²) in [4.78, 5) is 2.15. The zero-order valence-corrected chi connectivity index (χ0v) is 11.9. The van der Waals surface area contributed by atoms with Gasteiger partial charge in [-0.15, -0.1) is 0 Å². The molecule has 0 aromatic heterocycles. The number of ether oxygens (including phenoxy) is 3. The number of rotatable bonds is 6. The van der Waals surface area contributed by atoms with Crippen molar-refractivity contribution >= 4 is 0 Å². The fourth-order valence-corrected chi connectivity index (χ4v) is 1.96. The number of benzene rings is 1. The first-order chi connectivity index (χ1) is 9.20. The van der Waals surface area contributed by atoms with E-state index in [9.17, 15) is 0 Å². The van der Waals surface area contributed by atoms with Gasteiger partial charge in [0.05, 0.1) is 7.11 Å². The van der Waals surface area contributed by atoms with Gasteiger partial charge in [-0.05, 0) is 31.8 Å². The van der Waals surface area contributed by atoms with E-state index in [2.05, 4.69) is 24.3 Å². The Morgan fingerprint density at radius 2 is 2.05 bits per heavy atom. The Bertz CT molecular complexity index is 404. The van der Waals surface area contributed by atoms with Gasteiger partial charge in [0.15, 0.2) is 11.5 Å². The molecule has 0 aliphatic carbocycles. The molecule has 0 radical (unpaired) electrons. The Labute approximate surface area is 114 Å². The van der Waals surface area contributed by atoms with E-state index in [0.717, 1.165) is 36.7 Å². The molecule has 1 aliphatic heterocycles. The van der Waals surface area contributed by atoms with E-state index in [4.69, 9.17) is 14.2 Å². The standard InChI is InChI=1S/C14H22N2O3/c1-16(2)5-4-15-10-11-8-12(17-3)14-13(9-11)18-6-7-19-14/h8-9,15H,4-7,10H2,1-3H3. The highest BCUT2D eigenvalue weighted by molar-refractivity contribution is 5.54. The van der Waals surface area contributed by atoms with Gasteiger partial charge in [0, 0.05) is 19.6 Å². The summed E-state index contributed by atoms with van der Waals surface area (Å²) in [5, 5.41) is 3.40. The van der Waals surface area contributed by atoms with E-state index in [1.54, 1.807) is 7.11 Å². The van der Waals surface area contributed by atoms with Crippen LogP contribution in [0.25, 0.3) is 0 Å². The van der Waals surface area contributed by atoms with E-state index >= 15 is 0 Å². The van der Waals surface area contributed by atoms with Gasteiger partial charge in [0.25, 0.3) is 0 Å². The van der Waals surface area contributed by atoms with Crippen molar-refractivity contribution in [1.82, 2.24) is 10.2 Å². The van der Waals surface area contributed by atoms with Gasteiger partial charge in [-0.1, -0.05) is 0 Å². The van der Waals surface area contributed by atoms with E-state index in [-0.39, 0.29) is 0 Å². The molecular weight excluding hydrogens is 244 g/mol. The van der Waals surface area contributed by atoms with Crippen molar-refractivity contribution < 1.29 is 14.2 Å². The predicted octanol–water partition coefficient (Wildman–Crippen LogP) is 1.12. The van der Waals surface area contributed by atoms with Crippen LogP contribution in [0.3, 0.4) is 0 Å². The molecule has 1 N–H and O–H groups in total. The van der Waals surface area contributed by atoms with Crippen LogP contribution in [0, 0.1) is 0 Å². The Balaban J connectivity index is 2.01. The normalized spacial score (nSPS) is 13.7. The zero-order chi connectivity index (χ0) is 13.7. The molecular formula is C14H22N2O3. The SMILES string of the molecule is COc1cc(CNCCN(C)C)cc2c1OCCO2. The number of hydrogen-bond acceptors (Lipinski definition) is 5. The van der Waals surface area contributed by atoms with Crippen molar-refractivity contribution in [2.24, 2.45) is 0 Å². The topological polar surface area (TPSA) is 43.0 Å². The lowest BCUT2D eigenvalue weighted by Gasteiger charge is -2.21. The molecule has 0 fully saturated rings. The van der Waals surface area contributed by atoms with Crippen LogP contribution in [0.5, 0.6) is 17.2 Å². The van der Waals surface area contributed by atoms with Crippen molar-refractivity contribution in [3.05, 3.63) is 17.7 Å². The molecule has 1 aromatic carbocycles. The Hall–Kier alpha value is -1.46. The van der Waals surface area contributed by atoms with Crippen molar-refractivity contribution in [1.29, 1.82) is 0 Å². The Kier molecular flexibility index (Phi) is 4.87. The number of nitrogens with zero attached hydrogens (tertiary/aromatic N) is 1. The highest BCUT2D eigenvalue weighted by atomic mass is 16.6. The molecule has 19 heavy (non-hydrogen) atoms. The largest absolute Gasteiger partial charge is 0.493 e. The smallest absolute Gasteiger partial charge is 0.203 e. The summed E-state index contributed by atoms with van der Waals surface area (Å²) < 4.78 is 16.5. The molecule has 0 saturated heterocycles. The number of methoxy groups -OCH3 is 1. The minimum Gasteiger partial charge on any atom is -0.493 e. The second-order valence-corrected chi connectivity index (χ2v) is 4.80. The first-order valence-corrected chi connectivity index (χ1v) is 6.52. The van der Waals surface area contributed by atoms with Crippen LogP contribution in [0.15, 0.2) is 12.1 Å². The summed E-state index contributed by atoms with van der Waals surface area (Å²) in [6, 6.07) is 4.01. The Morgan fingerprint density at radius 3 is 2.79 bits per heavy atom. The molecule has 5 heteroatoms. The summed E-state index contributed by atoms with van der Waals surface area (Å²) in [5.74, 6) is 2.22. The minimum absolute atomic E-state index is 0.573. The van der Waals surface area contributed by atoms with E-state index in [0.29, 0.717) is 19.0 Å². The van der Waals surface area contributed by atoms with Crippen molar-refractivity contribution in [3.8, 4) is 17.2 Å². The Morgan fingerprint density at radius 1 is 1.26 bits per heavy atom. The summed E-state index contributed by atoms with van der Waals surface area (Å²) in [5.41, 5.74) is 1.14. The monoisotopic (exact) mass is 266 g/mol. The highest BCUT2D eigenvalue weighted by Gasteiger charge is 2.18. The molecule has 0 unspecified atom stereocenters. The lowest BCUT2D eigenvalue weighted by Crippen LogP contribution is -2.26. The third-order valence-corrected chi connectivity index (χ3v) is 2.95. The quantitative estimate of drug-likeness (QED) is 0.782. The number of fused-ring (bicyclic) bond motifs is 1. The van der Waals surface area contributed by atoms with Gasteiger partial charge < -0.3 is 24.4 Å². The van der Waals surface area contributed by atoms with Crippen LogP contribution in [0.4, 0.5) is 0 Å². The first-order valence-electron chi connectivity index (χ1n) is 6.52. The van der Waals surface area contributed by atoms with Gasteiger partial charge in [0.2, 0.25) is 5.75 Å². The molecule has 0 bridgehead atoms. The zero-order valence-electron chi connectivity index (χ0n) is 11.9. The summed E-state index contributed by atoms with van der Waals surface area (Å²) in [6.45, 7) is 3.92. The second-order valence-electron chi connectivity index (χ2n) is 4.80. The maximum atomic E-state index is 5.61. The van der Waals surface area contributed by atoms with Gasteiger partial charge >= 0.3 is 0 Å². The van der Waals surface area contributed by atoms with E-state index in [1.165, 1.54) is 0 Å². The van der Waals surface area contributed by atoms with E-state index < -0.39 is 0 Å². The predicted molar refractivity (Wildman–Crippen MR) is 74.2 cm³/mol. The van der Waals surface area contributed by atoms with Gasteiger partial charge in [-0.25, -0.2) is 0 Å². The van der Waals surface area contributed by atoms with Crippen molar-refractivity contribution in [2.45, 2.75) is 6.54 Å². The number of hydrogen-bond donors (Lipinski definition) is 1. The molecule has 0 amide bonds. The van der Waals surface area contributed by atoms with Gasteiger partial charge in [-0.3, -0.25) is 0 Å². The number of likely N-dealkylation sites (N-methyl/N-ethyl adjacent to an activating group) is 1. The number of nitrogens with one attached hydrogen (secondary N) is 1. The highest BCUT2D eigenvalue weighted by Crippen LogP contribution is 2.40. The maximum Gasteiger partial charge on any atom is 0.203 e. The lowest BCUT2D eigenvalue weighted by atomic mass is 10.1. The fraction of sp³-hybridized carbons (Fsp3) is 0.571. The lowest BCUT2D eigenvalue weighted by molar-refractivity contribution is 0.165. The molecule has 0 spiro atoms. The van der Waals surface area contributed by atoms with Crippen LogP contribution < -0.4 is 19.5 Å². The molecule has 106 valence electrons. The van der Waals surface area contributed by atoms with Crippen LogP contribution in [-0.4, -0.2) is 52.4 Å². The second kappa shape index (κ2) is 6.63. The van der Waals surface area contributed by atoms with Crippen molar-refractivity contribution in [2.75, 3.05) is 47.5 Å². The summed E-state index contributed by atoms with van der Waals surface area (Å²) in [7, 11) is 5.78. The molecule has 2 rings (SSSR count). The molecule has 1 aliphatic rings. The van der Waals surface area contributed by atoms with Crippen molar-refractivity contribution in [3.63, 3.8) is 0 Å². The molecule has 0 atom stereocenters. The van der Waals surface area contributed by atoms with Crippen LogP contribution >= 0.6 is 0 Å². The average Bonchev–Trinajstić information content (AvgIpc) is 2.42. The van der Waals surface area contributed by atoms with Gasteiger partial charge in [0.1, 0.15) is 13.2 Å². The van der Waals surface area contributed by atoms with Crippen LogP contribution in [0.2, 0.25) is 0 Å². The average molecular weight is 266 g/mol. The molecule has 0 saturated carbocycles.